The van der Waals surface area contributed by atoms with Crippen molar-refractivity contribution in [3.63, 3.8) is 0 Å². The number of aryl methyl sites for hydroxylation is 2. The molecule has 3 nitrogen and oxygen atoms in total. The SMILES string of the molecule is CCNCc1ccc(Cc2nccn2C)c(C)c1. The second-order valence-electron chi connectivity index (χ2n) is 4.67. The van der Waals surface area contributed by atoms with Gasteiger partial charge in [-0.1, -0.05) is 25.1 Å². The zero-order chi connectivity index (χ0) is 13.0. The summed E-state index contributed by atoms with van der Waals surface area (Å²) in [6.07, 6.45) is 4.74. The number of rotatable bonds is 5. The normalized spacial score (nSPS) is 10.8. The van der Waals surface area contributed by atoms with Gasteiger partial charge in [0, 0.05) is 32.4 Å². The van der Waals surface area contributed by atoms with Crippen LogP contribution < -0.4 is 5.32 Å². The van der Waals surface area contributed by atoms with Gasteiger partial charge in [-0.25, -0.2) is 4.98 Å². The fourth-order valence-electron chi connectivity index (χ4n) is 2.07. The van der Waals surface area contributed by atoms with Crippen LogP contribution in [-0.2, 0) is 20.0 Å². The van der Waals surface area contributed by atoms with Crippen molar-refractivity contribution in [3.05, 3.63) is 53.1 Å². The van der Waals surface area contributed by atoms with Crippen LogP contribution in [0, 0.1) is 6.92 Å². The molecular formula is C15H21N3. The number of benzene rings is 1. The fourth-order valence-corrected chi connectivity index (χ4v) is 2.07. The first kappa shape index (κ1) is 12.8. The van der Waals surface area contributed by atoms with Gasteiger partial charge < -0.3 is 9.88 Å². The van der Waals surface area contributed by atoms with E-state index in [-0.39, 0.29) is 0 Å². The van der Waals surface area contributed by atoms with Gasteiger partial charge in [0.25, 0.3) is 0 Å². The molecule has 2 aromatic rings. The molecule has 0 bridgehead atoms. The summed E-state index contributed by atoms with van der Waals surface area (Å²) in [7, 11) is 2.04. The Morgan fingerprint density at radius 1 is 1.33 bits per heavy atom. The molecule has 18 heavy (non-hydrogen) atoms. The van der Waals surface area contributed by atoms with E-state index in [4.69, 9.17) is 0 Å². The molecule has 0 aliphatic rings. The predicted octanol–water partition coefficient (Wildman–Crippen LogP) is 2.43. The number of imidazole rings is 1. The summed E-state index contributed by atoms with van der Waals surface area (Å²) in [4.78, 5) is 4.37. The van der Waals surface area contributed by atoms with E-state index in [9.17, 15) is 0 Å². The van der Waals surface area contributed by atoms with E-state index in [0.29, 0.717) is 0 Å². The Morgan fingerprint density at radius 3 is 2.78 bits per heavy atom. The highest BCUT2D eigenvalue weighted by Crippen LogP contribution is 2.14. The molecule has 0 amide bonds. The van der Waals surface area contributed by atoms with Crippen LogP contribution in [0.3, 0.4) is 0 Å². The van der Waals surface area contributed by atoms with Crippen LogP contribution in [0.4, 0.5) is 0 Å². The van der Waals surface area contributed by atoms with Crippen LogP contribution in [0.25, 0.3) is 0 Å². The second kappa shape index (κ2) is 5.83. The Hall–Kier alpha value is -1.61. The maximum atomic E-state index is 4.37. The van der Waals surface area contributed by atoms with Gasteiger partial charge in [0.1, 0.15) is 5.82 Å². The minimum atomic E-state index is 0.900. The maximum Gasteiger partial charge on any atom is 0.112 e. The van der Waals surface area contributed by atoms with Gasteiger partial charge in [0.15, 0.2) is 0 Å². The zero-order valence-corrected chi connectivity index (χ0v) is 11.4. The molecule has 1 N–H and O–H groups in total. The highest BCUT2D eigenvalue weighted by molar-refractivity contribution is 5.33. The van der Waals surface area contributed by atoms with Gasteiger partial charge in [0.05, 0.1) is 0 Å². The first-order valence-corrected chi connectivity index (χ1v) is 6.46. The minimum absolute atomic E-state index is 0.900. The summed E-state index contributed by atoms with van der Waals surface area (Å²) < 4.78 is 2.08. The van der Waals surface area contributed by atoms with E-state index in [2.05, 4.69) is 46.9 Å². The summed E-state index contributed by atoms with van der Waals surface area (Å²) in [5, 5.41) is 3.35. The Balaban J connectivity index is 2.12. The molecule has 1 aromatic heterocycles. The van der Waals surface area contributed by atoms with Gasteiger partial charge in [0.2, 0.25) is 0 Å². The van der Waals surface area contributed by atoms with Crippen molar-refractivity contribution in [3.8, 4) is 0 Å². The highest BCUT2D eigenvalue weighted by atomic mass is 15.0. The smallest absolute Gasteiger partial charge is 0.112 e. The number of aromatic nitrogens is 2. The number of hydrogen-bond donors (Lipinski definition) is 1. The van der Waals surface area contributed by atoms with E-state index in [1.165, 1.54) is 16.7 Å². The molecule has 3 heteroatoms. The van der Waals surface area contributed by atoms with Gasteiger partial charge in [-0.2, -0.15) is 0 Å². The van der Waals surface area contributed by atoms with E-state index in [1.807, 2.05) is 19.4 Å². The van der Waals surface area contributed by atoms with Crippen LogP contribution >= 0.6 is 0 Å². The topological polar surface area (TPSA) is 29.9 Å². The van der Waals surface area contributed by atoms with Crippen molar-refractivity contribution in [2.45, 2.75) is 26.8 Å². The lowest BCUT2D eigenvalue weighted by Crippen LogP contribution is -2.12. The molecule has 0 spiro atoms. The summed E-state index contributed by atoms with van der Waals surface area (Å²) in [5.74, 6) is 1.11. The van der Waals surface area contributed by atoms with Crippen LogP contribution in [0.15, 0.2) is 30.6 Å². The number of nitrogens with zero attached hydrogens (tertiary/aromatic N) is 2. The lowest BCUT2D eigenvalue weighted by Gasteiger charge is -2.09. The predicted molar refractivity (Wildman–Crippen MR) is 74.6 cm³/mol. The molecule has 0 unspecified atom stereocenters. The molecule has 0 aliphatic carbocycles. The van der Waals surface area contributed by atoms with Crippen LogP contribution in [0.1, 0.15) is 29.4 Å². The minimum Gasteiger partial charge on any atom is -0.338 e. The van der Waals surface area contributed by atoms with Crippen molar-refractivity contribution in [1.29, 1.82) is 0 Å². The van der Waals surface area contributed by atoms with E-state index >= 15 is 0 Å². The summed E-state index contributed by atoms with van der Waals surface area (Å²) in [6, 6.07) is 6.69. The van der Waals surface area contributed by atoms with Crippen LogP contribution in [0.2, 0.25) is 0 Å². The Kier molecular flexibility index (Phi) is 4.15. The third-order valence-corrected chi connectivity index (χ3v) is 3.26. The third-order valence-electron chi connectivity index (χ3n) is 3.26. The van der Waals surface area contributed by atoms with Crippen molar-refractivity contribution in [2.75, 3.05) is 6.54 Å². The highest BCUT2D eigenvalue weighted by Gasteiger charge is 2.05. The summed E-state index contributed by atoms with van der Waals surface area (Å²) in [6.45, 7) is 6.25. The van der Waals surface area contributed by atoms with Crippen molar-refractivity contribution < 1.29 is 0 Å². The number of hydrogen-bond acceptors (Lipinski definition) is 2. The van der Waals surface area contributed by atoms with E-state index in [1.54, 1.807) is 0 Å². The van der Waals surface area contributed by atoms with Crippen molar-refractivity contribution in [1.82, 2.24) is 14.9 Å². The van der Waals surface area contributed by atoms with Gasteiger partial charge in [-0.15, -0.1) is 0 Å². The van der Waals surface area contributed by atoms with Crippen molar-refractivity contribution >= 4 is 0 Å². The molecule has 0 fully saturated rings. The number of nitrogens with one attached hydrogen (secondary N) is 1. The van der Waals surface area contributed by atoms with Gasteiger partial charge in [-0.05, 0) is 30.2 Å². The second-order valence-corrected chi connectivity index (χ2v) is 4.67. The van der Waals surface area contributed by atoms with Crippen LogP contribution in [-0.4, -0.2) is 16.1 Å². The van der Waals surface area contributed by atoms with Crippen LogP contribution in [0.5, 0.6) is 0 Å². The zero-order valence-electron chi connectivity index (χ0n) is 11.4. The molecular weight excluding hydrogens is 222 g/mol. The molecule has 0 atom stereocenters. The average molecular weight is 243 g/mol. The summed E-state index contributed by atoms with van der Waals surface area (Å²) >= 11 is 0. The molecule has 0 saturated heterocycles. The molecule has 1 aromatic carbocycles. The fraction of sp³-hybridized carbons (Fsp3) is 0.400. The first-order chi connectivity index (χ1) is 8.70. The molecule has 0 radical (unpaired) electrons. The molecule has 2 rings (SSSR count). The maximum absolute atomic E-state index is 4.37. The average Bonchev–Trinajstić information content (AvgIpc) is 2.75. The van der Waals surface area contributed by atoms with E-state index in [0.717, 1.165) is 25.3 Å². The summed E-state index contributed by atoms with van der Waals surface area (Å²) in [5.41, 5.74) is 4.04. The Labute approximate surface area is 109 Å². The third kappa shape index (κ3) is 2.99. The van der Waals surface area contributed by atoms with Gasteiger partial charge in [-0.3, -0.25) is 0 Å². The lowest BCUT2D eigenvalue weighted by atomic mass is 10.0. The van der Waals surface area contributed by atoms with Crippen molar-refractivity contribution in [2.24, 2.45) is 7.05 Å². The van der Waals surface area contributed by atoms with Gasteiger partial charge >= 0.3 is 0 Å². The first-order valence-electron chi connectivity index (χ1n) is 6.46. The largest absolute Gasteiger partial charge is 0.338 e. The Bertz CT molecular complexity index is 514. The quantitative estimate of drug-likeness (QED) is 0.874. The standard InChI is InChI=1S/C15H21N3/c1-4-16-11-13-5-6-14(12(2)9-13)10-15-17-7-8-18(15)3/h5-9,16H,4,10-11H2,1-3H3. The molecule has 0 saturated carbocycles. The molecule has 1 heterocycles. The monoisotopic (exact) mass is 243 g/mol. The lowest BCUT2D eigenvalue weighted by molar-refractivity contribution is 0.725. The Morgan fingerprint density at radius 2 is 2.17 bits per heavy atom. The molecule has 96 valence electrons. The molecule has 0 aliphatic heterocycles. The van der Waals surface area contributed by atoms with E-state index < -0.39 is 0 Å².